The highest BCUT2D eigenvalue weighted by molar-refractivity contribution is 6.07. The predicted molar refractivity (Wildman–Crippen MR) is 103 cm³/mol. The second kappa shape index (κ2) is 9.59. The van der Waals surface area contributed by atoms with Crippen molar-refractivity contribution in [2.24, 2.45) is 10.9 Å². The molecule has 1 aromatic carbocycles. The third-order valence-electron chi connectivity index (χ3n) is 4.48. The van der Waals surface area contributed by atoms with E-state index in [0.717, 1.165) is 0 Å². The second-order valence-corrected chi connectivity index (χ2v) is 6.36. The smallest absolute Gasteiger partial charge is 0.336 e. The molecule has 0 aliphatic carbocycles. The number of allylic oxidation sites excluding steroid dienone is 1. The van der Waals surface area contributed by atoms with Gasteiger partial charge in [0.2, 0.25) is 0 Å². The average Bonchev–Trinajstić information content (AvgIpc) is 2.67. The van der Waals surface area contributed by atoms with E-state index in [4.69, 9.17) is 14.7 Å². The van der Waals surface area contributed by atoms with Crippen molar-refractivity contribution in [2.75, 3.05) is 13.2 Å². The molecule has 0 fully saturated rings. The van der Waals surface area contributed by atoms with Gasteiger partial charge in [-0.2, -0.15) is 5.26 Å². The third-order valence-corrected chi connectivity index (χ3v) is 4.48. The molecule has 1 aromatic rings. The summed E-state index contributed by atoms with van der Waals surface area (Å²) in [6.07, 6.45) is 0.0170. The molecule has 0 saturated carbocycles. The molecule has 2 atom stereocenters. The van der Waals surface area contributed by atoms with Gasteiger partial charge >= 0.3 is 11.9 Å². The van der Waals surface area contributed by atoms with Gasteiger partial charge in [0.15, 0.2) is 0 Å². The van der Waals surface area contributed by atoms with E-state index in [1.54, 1.807) is 26.8 Å². The zero-order valence-electron chi connectivity index (χ0n) is 16.4. The highest BCUT2D eigenvalue weighted by Gasteiger charge is 2.42. The van der Waals surface area contributed by atoms with Gasteiger partial charge in [-0.15, -0.1) is 0 Å². The SMILES string of the molecule is CCOC(=O)C1C(C)=NC(C)=C(C(=O)OCCC#N)[C@@H]1c1cccc([N+](=O)[O-])c1. The molecule has 9 heteroatoms. The molecule has 0 N–H and O–H groups in total. The second-order valence-electron chi connectivity index (χ2n) is 6.36. The Balaban J connectivity index is 2.60. The van der Waals surface area contributed by atoms with E-state index in [9.17, 15) is 19.7 Å². The lowest BCUT2D eigenvalue weighted by Crippen LogP contribution is -2.36. The van der Waals surface area contributed by atoms with Crippen LogP contribution in [0.15, 0.2) is 40.5 Å². The van der Waals surface area contributed by atoms with Crippen LogP contribution in [0, 0.1) is 27.4 Å². The van der Waals surface area contributed by atoms with Crippen molar-refractivity contribution < 1.29 is 24.0 Å². The molecule has 1 unspecified atom stereocenters. The standard InChI is InChI=1S/C20H21N3O6/c1-4-28-19(24)16-12(2)22-13(3)17(20(25)29-10-6-9-21)18(16)14-7-5-8-15(11-14)23(26)27/h5,7-8,11,16,18H,4,6,10H2,1-3H3/t16?,18-/m1/s1. The molecule has 0 saturated heterocycles. The Labute approximate surface area is 167 Å². The van der Waals surface area contributed by atoms with Gasteiger partial charge in [0.05, 0.1) is 29.6 Å². The lowest BCUT2D eigenvalue weighted by Gasteiger charge is -2.31. The minimum atomic E-state index is -0.931. The minimum absolute atomic E-state index is 0.0170. The van der Waals surface area contributed by atoms with Gasteiger partial charge in [0.25, 0.3) is 5.69 Å². The number of carbonyl (C=O) groups is 2. The number of nitrogens with zero attached hydrogens (tertiary/aromatic N) is 3. The Hall–Kier alpha value is -3.54. The lowest BCUT2D eigenvalue weighted by molar-refractivity contribution is -0.384. The number of rotatable bonds is 7. The first-order chi connectivity index (χ1) is 13.8. The summed E-state index contributed by atoms with van der Waals surface area (Å²) in [5.74, 6) is -3.10. The van der Waals surface area contributed by atoms with E-state index >= 15 is 0 Å². The Kier molecular flexibility index (Phi) is 7.20. The van der Waals surface area contributed by atoms with Crippen molar-refractivity contribution in [3.63, 3.8) is 0 Å². The van der Waals surface area contributed by atoms with Crippen molar-refractivity contribution in [3.8, 4) is 6.07 Å². The molecule has 0 spiro atoms. The van der Waals surface area contributed by atoms with Gasteiger partial charge in [0, 0.05) is 29.5 Å². The minimum Gasteiger partial charge on any atom is -0.465 e. The van der Waals surface area contributed by atoms with Crippen LogP contribution in [0.5, 0.6) is 0 Å². The summed E-state index contributed by atoms with van der Waals surface area (Å²) >= 11 is 0. The summed E-state index contributed by atoms with van der Waals surface area (Å²) in [4.78, 5) is 40.5. The Morgan fingerprint density at radius 1 is 1.31 bits per heavy atom. The van der Waals surface area contributed by atoms with Gasteiger partial charge in [-0.05, 0) is 26.3 Å². The van der Waals surface area contributed by atoms with Gasteiger partial charge in [-0.1, -0.05) is 12.1 Å². The number of esters is 2. The molecule has 0 radical (unpaired) electrons. The van der Waals surface area contributed by atoms with E-state index in [1.807, 2.05) is 6.07 Å². The van der Waals surface area contributed by atoms with Crippen LogP contribution in [0.1, 0.15) is 38.7 Å². The van der Waals surface area contributed by atoms with Crippen LogP contribution in [0.25, 0.3) is 0 Å². The fourth-order valence-electron chi connectivity index (χ4n) is 3.30. The maximum atomic E-state index is 12.8. The maximum Gasteiger partial charge on any atom is 0.336 e. The van der Waals surface area contributed by atoms with Crippen LogP contribution < -0.4 is 0 Å². The number of nitro groups is 1. The first-order valence-electron chi connectivity index (χ1n) is 9.02. The van der Waals surface area contributed by atoms with E-state index in [-0.39, 0.29) is 30.9 Å². The van der Waals surface area contributed by atoms with Gasteiger partial charge in [-0.25, -0.2) is 4.79 Å². The first-order valence-corrected chi connectivity index (χ1v) is 9.02. The third kappa shape index (κ3) is 4.85. The van der Waals surface area contributed by atoms with Crippen LogP contribution in [0.3, 0.4) is 0 Å². The fourth-order valence-corrected chi connectivity index (χ4v) is 3.30. The van der Waals surface area contributed by atoms with Crippen LogP contribution in [0.4, 0.5) is 5.69 Å². The van der Waals surface area contributed by atoms with Gasteiger partial charge in [-0.3, -0.25) is 19.9 Å². The van der Waals surface area contributed by atoms with Crippen molar-refractivity contribution in [2.45, 2.75) is 33.1 Å². The molecule has 0 aromatic heterocycles. The summed E-state index contributed by atoms with van der Waals surface area (Å²) in [5.41, 5.74) is 1.14. The number of non-ortho nitro benzene ring substituents is 1. The van der Waals surface area contributed by atoms with Gasteiger partial charge < -0.3 is 9.47 Å². The van der Waals surface area contributed by atoms with Crippen LogP contribution in [-0.2, 0) is 19.1 Å². The van der Waals surface area contributed by atoms with E-state index in [0.29, 0.717) is 17.0 Å². The van der Waals surface area contributed by atoms with Crippen molar-refractivity contribution in [1.82, 2.24) is 0 Å². The summed E-state index contributed by atoms with van der Waals surface area (Å²) in [6, 6.07) is 7.63. The van der Waals surface area contributed by atoms with Crippen LogP contribution in [-0.4, -0.2) is 35.8 Å². The fraction of sp³-hybridized carbons (Fsp3) is 0.400. The Morgan fingerprint density at radius 3 is 2.66 bits per heavy atom. The maximum absolute atomic E-state index is 12.8. The molecule has 1 aliphatic heterocycles. The van der Waals surface area contributed by atoms with E-state index in [2.05, 4.69) is 4.99 Å². The van der Waals surface area contributed by atoms with E-state index < -0.39 is 28.7 Å². The molecule has 152 valence electrons. The molecule has 29 heavy (non-hydrogen) atoms. The zero-order chi connectivity index (χ0) is 21.6. The highest BCUT2D eigenvalue weighted by atomic mass is 16.6. The number of ether oxygens (including phenoxy) is 2. The van der Waals surface area contributed by atoms with Crippen molar-refractivity contribution in [1.29, 1.82) is 5.26 Å². The number of aliphatic imine (C=N–C) groups is 1. The Bertz CT molecular complexity index is 928. The summed E-state index contributed by atoms with van der Waals surface area (Å²) < 4.78 is 10.3. The number of benzene rings is 1. The quantitative estimate of drug-likeness (QED) is 0.298. The molecule has 0 bridgehead atoms. The average molecular weight is 399 g/mol. The van der Waals surface area contributed by atoms with Gasteiger partial charge in [0.1, 0.15) is 12.5 Å². The number of nitro benzene ring substituents is 1. The molecule has 9 nitrogen and oxygen atoms in total. The zero-order valence-corrected chi connectivity index (χ0v) is 16.4. The normalized spacial score (nSPS) is 18.5. The molecular weight excluding hydrogens is 378 g/mol. The summed E-state index contributed by atoms with van der Waals surface area (Å²) in [5, 5.41) is 19.9. The highest BCUT2D eigenvalue weighted by Crippen LogP contribution is 2.40. The lowest BCUT2D eigenvalue weighted by atomic mass is 9.75. The number of hydrogen-bond donors (Lipinski definition) is 0. The molecule has 0 amide bonds. The van der Waals surface area contributed by atoms with E-state index in [1.165, 1.54) is 18.2 Å². The monoisotopic (exact) mass is 399 g/mol. The largest absolute Gasteiger partial charge is 0.465 e. The van der Waals surface area contributed by atoms with Crippen LogP contribution in [0.2, 0.25) is 0 Å². The Morgan fingerprint density at radius 2 is 2.03 bits per heavy atom. The molecule has 2 rings (SSSR count). The number of nitriles is 1. The topological polar surface area (TPSA) is 132 Å². The predicted octanol–water partition coefficient (Wildman–Crippen LogP) is 3.06. The number of carbonyl (C=O) groups excluding carboxylic acids is 2. The molecular formula is C20H21N3O6. The molecule has 1 aliphatic rings. The van der Waals surface area contributed by atoms with Crippen molar-refractivity contribution in [3.05, 3.63) is 51.2 Å². The number of hydrogen-bond acceptors (Lipinski definition) is 8. The summed E-state index contributed by atoms with van der Waals surface area (Å²) in [6.45, 7) is 4.94. The summed E-state index contributed by atoms with van der Waals surface area (Å²) in [7, 11) is 0. The van der Waals surface area contributed by atoms with Crippen molar-refractivity contribution >= 4 is 23.3 Å². The van der Waals surface area contributed by atoms with Crippen LogP contribution >= 0.6 is 0 Å². The first kappa shape index (κ1) is 21.8. The molecule has 1 heterocycles.